The molecule has 0 aliphatic rings. The molecule has 0 aliphatic carbocycles. The lowest BCUT2D eigenvalue weighted by atomic mass is 9.93. The van der Waals surface area contributed by atoms with E-state index in [4.69, 9.17) is 10.5 Å². The molecule has 0 aliphatic heterocycles. The molecule has 2 unspecified atom stereocenters. The predicted molar refractivity (Wildman–Crippen MR) is 142 cm³/mol. The van der Waals surface area contributed by atoms with Crippen molar-refractivity contribution in [3.05, 3.63) is 34.9 Å². The standard InChI is InChI=1S/C27H44N4O6/c1-7-8-9-15-29-24(34)23(22-18(2)11-10-12-19(22)3)31(16-17-32)25(35)20(13-14-21(28)33)30-26(36)37-27(4,5)6/h10-12,20,23,32H,7-9,13-17H2,1-6H3,(H2,28,33)(H,29,34)(H,30,36). The van der Waals surface area contributed by atoms with Crippen LogP contribution in [0.2, 0.25) is 0 Å². The number of nitrogens with two attached hydrogens (primary N) is 1. The van der Waals surface area contributed by atoms with Gasteiger partial charge in [-0.15, -0.1) is 0 Å². The van der Waals surface area contributed by atoms with Crippen molar-refractivity contribution in [2.45, 2.75) is 91.3 Å². The molecular weight excluding hydrogens is 476 g/mol. The molecule has 0 heterocycles. The molecule has 0 saturated carbocycles. The number of aliphatic hydroxyl groups excluding tert-OH is 1. The summed E-state index contributed by atoms with van der Waals surface area (Å²) < 4.78 is 5.31. The van der Waals surface area contributed by atoms with Gasteiger partial charge in [0.2, 0.25) is 17.7 Å². The minimum absolute atomic E-state index is 0.0903. The summed E-state index contributed by atoms with van der Waals surface area (Å²) in [6, 6.07) is 3.31. The van der Waals surface area contributed by atoms with Gasteiger partial charge < -0.3 is 31.1 Å². The van der Waals surface area contributed by atoms with E-state index in [2.05, 4.69) is 17.6 Å². The van der Waals surface area contributed by atoms with Crippen LogP contribution in [0.5, 0.6) is 0 Å². The second-order valence-corrected chi connectivity index (χ2v) is 10.2. The highest BCUT2D eigenvalue weighted by Crippen LogP contribution is 2.29. The van der Waals surface area contributed by atoms with Crippen molar-refractivity contribution in [1.82, 2.24) is 15.5 Å². The number of primary amides is 1. The lowest BCUT2D eigenvalue weighted by molar-refractivity contribution is -0.143. The fraction of sp³-hybridized carbons (Fsp3) is 0.630. The van der Waals surface area contributed by atoms with Crippen LogP contribution >= 0.6 is 0 Å². The number of nitrogens with zero attached hydrogens (tertiary/aromatic N) is 1. The highest BCUT2D eigenvalue weighted by Gasteiger charge is 2.37. The molecule has 2 atom stereocenters. The van der Waals surface area contributed by atoms with Gasteiger partial charge in [-0.25, -0.2) is 4.79 Å². The van der Waals surface area contributed by atoms with E-state index in [9.17, 15) is 24.3 Å². The van der Waals surface area contributed by atoms with Gasteiger partial charge in [-0.1, -0.05) is 38.0 Å². The Balaban J connectivity index is 3.47. The number of hydrogen-bond acceptors (Lipinski definition) is 6. The van der Waals surface area contributed by atoms with E-state index >= 15 is 0 Å². The third kappa shape index (κ3) is 10.8. The Kier molecular flexibility index (Phi) is 13.1. The second kappa shape index (κ2) is 15.2. The largest absolute Gasteiger partial charge is 0.444 e. The number of aliphatic hydroxyl groups is 1. The summed E-state index contributed by atoms with van der Waals surface area (Å²) in [6.45, 7) is 10.7. The normalized spacial score (nSPS) is 12.8. The molecule has 10 nitrogen and oxygen atoms in total. The fourth-order valence-corrected chi connectivity index (χ4v) is 4.04. The van der Waals surface area contributed by atoms with Gasteiger partial charge in [-0.05, 0) is 64.2 Å². The maximum Gasteiger partial charge on any atom is 0.408 e. The summed E-state index contributed by atoms with van der Waals surface area (Å²) in [7, 11) is 0. The molecule has 208 valence electrons. The molecule has 37 heavy (non-hydrogen) atoms. The Bertz CT molecular complexity index is 908. The van der Waals surface area contributed by atoms with Gasteiger partial charge in [0.05, 0.1) is 6.61 Å². The zero-order valence-electron chi connectivity index (χ0n) is 23.1. The van der Waals surface area contributed by atoms with Crippen LogP contribution in [0, 0.1) is 13.8 Å². The molecule has 0 fully saturated rings. The summed E-state index contributed by atoms with van der Waals surface area (Å²) in [5.41, 5.74) is 6.75. The monoisotopic (exact) mass is 520 g/mol. The lowest BCUT2D eigenvalue weighted by Crippen LogP contribution is -2.54. The van der Waals surface area contributed by atoms with E-state index in [1.165, 1.54) is 4.90 Å². The fourth-order valence-electron chi connectivity index (χ4n) is 4.04. The molecule has 0 spiro atoms. The van der Waals surface area contributed by atoms with Gasteiger partial charge in [0.1, 0.15) is 17.7 Å². The van der Waals surface area contributed by atoms with Crippen molar-refractivity contribution < 1.29 is 29.0 Å². The van der Waals surface area contributed by atoms with Crippen LogP contribution < -0.4 is 16.4 Å². The highest BCUT2D eigenvalue weighted by molar-refractivity contribution is 5.93. The molecule has 10 heteroatoms. The lowest BCUT2D eigenvalue weighted by Gasteiger charge is -2.35. The molecule has 0 aromatic heterocycles. The number of aryl methyl sites for hydroxylation is 2. The number of rotatable bonds is 14. The molecule has 5 N–H and O–H groups in total. The quantitative estimate of drug-likeness (QED) is 0.277. The van der Waals surface area contributed by atoms with Crippen LogP contribution in [0.25, 0.3) is 0 Å². The Morgan fingerprint density at radius 3 is 2.24 bits per heavy atom. The zero-order chi connectivity index (χ0) is 28.2. The summed E-state index contributed by atoms with van der Waals surface area (Å²) in [4.78, 5) is 52.7. The Morgan fingerprint density at radius 1 is 1.11 bits per heavy atom. The number of hydrogen-bond donors (Lipinski definition) is 4. The minimum atomic E-state index is -1.20. The van der Waals surface area contributed by atoms with Crippen LogP contribution in [0.3, 0.4) is 0 Å². The van der Waals surface area contributed by atoms with E-state index < -0.39 is 42.2 Å². The molecule has 1 aromatic carbocycles. The zero-order valence-corrected chi connectivity index (χ0v) is 23.1. The van der Waals surface area contributed by atoms with Crippen molar-refractivity contribution in [1.29, 1.82) is 0 Å². The molecule has 1 rings (SSSR count). The van der Waals surface area contributed by atoms with E-state index in [0.29, 0.717) is 12.1 Å². The van der Waals surface area contributed by atoms with E-state index in [1.807, 2.05) is 32.0 Å². The Hall–Kier alpha value is -3.14. The smallest absolute Gasteiger partial charge is 0.408 e. The van der Waals surface area contributed by atoms with E-state index in [0.717, 1.165) is 30.4 Å². The number of carbonyl (C=O) groups excluding carboxylic acids is 4. The van der Waals surface area contributed by atoms with Crippen LogP contribution in [0.15, 0.2) is 18.2 Å². The average molecular weight is 521 g/mol. The van der Waals surface area contributed by atoms with Crippen LogP contribution in [-0.4, -0.2) is 65.2 Å². The van der Waals surface area contributed by atoms with Crippen molar-refractivity contribution in [2.75, 3.05) is 19.7 Å². The Labute approximate surface area is 220 Å². The van der Waals surface area contributed by atoms with Gasteiger partial charge in [-0.2, -0.15) is 0 Å². The number of carbonyl (C=O) groups is 4. The second-order valence-electron chi connectivity index (χ2n) is 10.2. The Morgan fingerprint density at radius 2 is 1.73 bits per heavy atom. The van der Waals surface area contributed by atoms with Gasteiger partial charge in [0.15, 0.2) is 0 Å². The molecular formula is C27H44N4O6. The first-order chi connectivity index (χ1) is 17.3. The molecule has 0 saturated heterocycles. The summed E-state index contributed by atoms with van der Waals surface area (Å²) in [6.07, 6.45) is 1.62. The van der Waals surface area contributed by atoms with Crippen LogP contribution in [0.4, 0.5) is 4.79 Å². The summed E-state index contributed by atoms with van der Waals surface area (Å²) in [5.74, 6) is -1.66. The number of alkyl carbamates (subject to hydrolysis) is 1. The minimum Gasteiger partial charge on any atom is -0.444 e. The van der Waals surface area contributed by atoms with Gasteiger partial charge >= 0.3 is 6.09 Å². The van der Waals surface area contributed by atoms with Gasteiger partial charge in [0.25, 0.3) is 0 Å². The number of ether oxygens (including phenoxy) is 1. The van der Waals surface area contributed by atoms with Crippen molar-refractivity contribution in [3.8, 4) is 0 Å². The number of nitrogens with one attached hydrogen (secondary N) is 2. The topological polar surface area (TPSA) is 151 Å². The van der Waals surface area contributed by atoms with Crippen molar-refractivity contribution in [3.63, 3.8) is 0 Å². The number of amides is 4. The first kappa shape index (κ1) is 31.9. The van der Waals surface area contributed by atoms with E-state index in [1.54, 1.807) is 20.8 Å². The van der Waals surface area contributed by atoms with Gasteiger partial charge in [-0.3, -0.25) is 14.4 Å². The highest BCUT2D eigenvalue weighted by atomic mass is 16.6. The first-order valence-corrected chi connectivity index (χ1v) is 12.8. The van der Waals surface area contributed by atoms with E-state index in [-0.39, 0.29) is 25.3 Å². The van der Waals surface area contributed by atoms with Gasteiger partial charge in [0, 0.05) is 19.5 Å². The third-order valence-electron chi connectivity index (χ3n) is 5.75. The summed E-state index contributed by atoms with van der Waals surface area (Å²) >= 11 is 0. The number of benzene rings is 1. The molecule has 1 aromatic rings. The molecule has 4 amide bonds. The van der Waals surface area contributed by atoms with Crippen molar-refractivity contribution >= 4 is 23.8 Å². The summed E-state index contributed by atoms with van der Waals surface area (Å²) in [5, 5.41) is 15.3. The van der Waals surface area contributed by atoms with Crippen LogP contribution in [-0.2, 0) is 19.1 Å². The third-order valence-corrected chi connectivity index (χ3v) is 5.75. The van der Waals surface area contributed by atoms with Crippen LogP contribution in [0.1, 0.15) is 82.5 Å². The maximum absolute atomic E-state index is 13.9. The average Bonchev–Trinajstić information content (AvgIpc) is 2.79. The maximum atomic E-state index is 13.9. The molecule has 0 radical (unpaired) electrons. The molecule has 0 bridgehead atoms. The number of unbranched alkanes of at least 4 members (excludes halogenated alkanes) is 2. The predicted octanol–water partition coefficient (Wildman–Crippen LogP) is 2.63. The first-order valence-electron chi connectivity index (χ1n) is 12.8. The van der Waals surface area contributed by atoms with Crippen molar-refractivity contribution in [2.24, 2.45) is 5.73 Å². The SMILES string of the molecule is CCCCCNC(=O)C(c1c(C)cccc1C)N(CCO)C(=O)C(CCC(N)=O)NC(=O)OC(C)(C)C.